The molecule has 1 aliphatic carbocycles. The molecule has 7 aromatic rings. The lowest BCUT2D eigenvalue weighted by Crippen LogP contribution is -2.24. The molecule has 8 rings (SSSR count). The highest BCUT2D eigenvalue weighted by Gasteiger charge is 2.36. The van der Waals surface area contributed by atoms with Crippen LogP contribution >= 0.6 is 7.14 Å². The fraction of sp³-hybridized carbons (Fsp3) is 0.0769. The van der Waals surface area contributed by atoms with Gasteiger partial charge in [0.1, 0.15) is 11.2 Å². The zero-order valence-corrected chi connectivity index (χ0v) is 24.4. The Hall–Kier alpha value is -4.65. The molecular formula is C39H29O2P. The summed E-state index contributed by atoms with van der Waals surface area (Å²) in [7, 11) is -3.01. The van der Waals surface area contributed by atoms with Crippen LogP contribution in [0.2, 0.25) is 0 Å². The maximum atomic E-state index is 14.8. The van der Waals surface area contributed by atoms with Gasteiger partial charge in [-0.15, -0.1) is 0 Å². The van der Waals surface area contributed by atoms with Crippen molar-refractivity contribution in [2.45, 2.75) is 19.3 Å². The fourth-order valence-electron chi connectivity index (χ4n) is 6.74. The van der Waals surface area contributed by atoms with Crippen molar-refractivity contribution in [1.29, 1.82) is 0 Å². The van der Waals surface area contributed by atoms with E-state index in [0.717, 1.165) is 49.0 Å². The second-order valence-electron chi connectivity index (χ2n) is 11.7. The molecule has 0 unspecified atom stereocenters. The molecule has 0 saturated heterocycles. The Morgan fingerprint density at radius 1 is 0.500 bits per heavy atom. The number of hydrogen-bond acceptors (Lipinski definition) is 2. The summed E-state index contributed by atoms with van der Waals surface area (Å²) in [6, 6.07) is 47.5. The van der Waals surface area contributed by atoms with E-state index in [1.54, 1.807) is 0 Å². The standard InChI is InChI=1S/C39H29O2P/c1-39(2)35-16-10-9-15-31(35)32-24-34-33-23-27(19-22-37(33)41-38(34)25-36(32)39)26-17-20-30(21-18-26)42(40,28-11-5-3-6-12-28)29-13-7-4-8-14-29/h3-25H,1-2H3. The van der Waals surface area contributed by atoms with Gasteiger partial charge in [-0.1, -0.05) is 129 Å². The van der Waals surface area contributed by atoms with Crippen LogP contribution in [-0.4, -0.2) is 0 Å². The van der Waals surface area contributed by atoms with E-state index in [-0.39, 0.29) is 5.41 Å². The lowest BCUT2D eigenvalue weighted by Gasteiger charge is -2.21. The molecule has 0 atom stereocenters. The first-order chi connectivity index (χ1) is 20.4. The Kier molecular flexibility index (Phi) is 5.48. The monoisotopic (exact) mass is 560 g/mol. The Morgan fingerprint density at radius 3 is 1.76 bits per heavy atom. The summed E-state index contributed by atoms with van der Waals surface area (Å²) >= 11 is 0. The third kappa shape index (κ3) is 3.62. The largest absolute Gasteiger partial charge is 0.456 e. The van der Waals surface area contributed by atoms with Crippen LogP contribution in [0.4, 0.5) is 0 Å². The molecule has 0 spiro atoms. The van der Waals surface area contributed by atoms with Gasteiger partial charge in [0.25, 0.3) is 0 Å². The molecule has 1 aromatic heterocycles. The van der Waals surface area contributed by atoms with E-state index in [0.29, 0.717) is 0 Å². The molecule has 1 heterocycles. The molecule has 1 aliphatic rings. The third-order valence-electron chi connectivity index (χ3n) is 8.98. The topological polar surface area (TPSA) is 30.2 Å². The van der Waals surface area contributed by atoms with E-state index in [1.807, 2.05) is 72.8 Å². The minimum absolute atomic E-state index is 0.0646. The molecule has 6 aromatic carbocycles. The lowest BCUT2D eigenvalue weighted by atomic mass is 9.82. The first-order valence-corrected chi connectivity index (χ1v) is 16.1. The van der Waals surface area contributed by atoms with E-state index >= 15 is 0 Å². The van der Waals surface area contributed by atoms with Crippen molar-refractivity contribution >= 4 is 45.0 Å². The second kappa shape index (κ2) is 9.18. The van der Waals surface area contributed by atoms with Gasteiger partial charge in [-0.25, -0.2) is 0 Å². The van der Waals surface area contributed by atoms with Crippen molar-refractivity contribution < 1.29 is 8.98 Å². The van der Waals surface area contributed by atoms with Crippen LogP contribution in [-0.2, 0) is 9.98 Å². The van der Waals surface area contributed by atoms with E-state index < -0.39 is 7.14 Å². The quantitative estimate of drug-likeness (QED) is 0.201. The first-order valence-electron chi connectivity index (χ1n) is 14.4. The zero-order valence-electron chi connectivity index (χ0n) is 23.5. The molecule has 3 heteroatoms. The minimum Gasteiger partial charge on any atom is -0.456 e. The molecule has 0 saturated carbocycles. The van der Waals surface area contributed by atoms with Crippen molar-refractivity contribution in [2.75, 3.05) is 0 Å². The fourth-order valence-corrected chi connectivity index (χ4v) is 9.38. The predicted molar refractivity (Wildman–Crippen MR) is 176 cm³/mol. The summed E-state index contributed by atoms with van der Waals surface area (Å²) in [6.07, 6.45) is 0. The van der Waals surface area contributed by atoms with E-state index in [4.69, 9.17) is 4.42 Å². The van der Waals surface area contributed by atoms with Crippen LogP contribution in [0.1, 0.15) is 25.0 Å². The molecule has 0 N–H and O–H groups in total. The normalized spacial score (nSPS) is 13.8. The molecule has 202 valence electrons. The first kappa shape index (κ1) is 25.1. The Bertz CT molecular complexity index is 2130. The highest BCUT2D eigenvalue weighted by atomic mass is 31.2. The summed E-state index contributed by atoms with van der Waals surface area (Å²) in [5.74, 6) is 0. The number of furan rings is 1. The number of benzene rings is 6. The summed E-state index contributed by atoms with van der Waals surface area (Å²) in [6.45, 7) is 4.59. The van der Waals surface area contributed by atoms with Crippen LogP contribution in [0.15, 0.2) is 144 Å². The number of fused-ring (bicyclic) bond motifs is 6. The van der Waals surface area contributed by atoms with Crippen LogP contribution < -0.4 is 15.9 Å². The average Bonchev–Trinajstić information content (AvgIpc) is 3.51. The lowest BCUT2D eigenvalue weighted by molar-refractivity contribution is 0.592. The average molecular weight is 561 g/mol. The van der Waals surface area contributed by atoms with Gasteiger partial charge in [0, 0.05) is 32.1 Å². The highest BCUT2D eigenvalue weighted by molar-refractivity contribution is 7.85. The molecule has 2 nitrogen and oxygen atoms in total. The van der Waals surface area contributed by atoms with Crippen molar-refractivity contribution in [3.8, 4) is 22.3 Å². The van der Waals surface area contributed by atoms with E-state index in [1.165, 1.54) is 22.3 Å². The van der Waals surface area contributed by atoms with Gasteiger partial charge < -0.3 is 8.98 Å². The van der Waals surface area contributed by atoms with Crippen LogP contribution in [0.3, 0.4) is 0 Å². The van der Waals surface area contributed by atoms with Gasteiger partial charge in [-0.2, -0.15) is 0 Å². The Balaban J connectivity index is 1.23. The van der Waals surface area contributed by atoms with Gasteiger partial charge in [-0.05, 0) is 57.6 Å². The molecule has 0 fully saturated rings. The van der Waals surface area contributed by atoms with Crippen molar-refractivity contribution in [2.24, 2.45) is 0 Å². The van der Waals surface area contributed by atoms with Gasteiger partial charge in [-0.3, -0.25) is 0 Å². The third-order valence-corrected chi connectivity index (χ3v) is 12.1. The zero-order chi connectivity index (χ0) is 28.5. The Morgan fingerprint density at radius 2 is 1.07 bits per heavy atom. The summed E-state index contributed by atoms with van der Waals surface area (Å²) in [4.78, 5) is 0. The molecule has 0 aliphatic heterocycles. The highest BCUT2D eigenvalue weighted by Crippen LogP contribution is 2.51. The van der Waals surface area contributed by atoms with E-state index in [9.17, 15) is 4.57 Å². The van der Waals surface area contributed by atoms with Crippen LogP contribution in [0.25, 0.3) is 44.2 Å². The minimum atomic E-state index is -3.01. The summed E-state index contributed by atoms with van der Waals surface area (Å²) in [5.41, 5.74) is 9.20. The maximum absolute atomic E-state index is 14.8. The number of hydrogen-bond donors (Lipinski definition) is 0. The second-order valence-corrected chi connectivity index (χ2v) is 14.5. The number of rotatable bonds is 4. The predicted octanol–water partition coefficient (Wildman–Crippen LogP) is 9.20. The summed E-state index contributed by atoms with van der Waals surface area (Å²) < 4.78 is 21.2. The molecule has 0 radical (unpaired) electrons. The van der Waals surface area contributed by atoms with Gasteiger partial charge >= 0.3 is 0 Å². The van der Waals surface area contributed by atoms with Gasteiger partial charge in [0.2, 0.25) is 0 Å². The van der Waals surface area contributed by atoms with Gasteiger partial charge in [0.05, 0.1) is 0 Å². The molecule has 0 bridgehead atoms. The van der Waals surface area contributed by atoms with Crippen molar-refractivity contribution in [3.05, 3.63) is 151 Å². The SMILES string of the molecule is CC1(C)c2ccccc2-c2cc3c(cc21)oc1ccc(-c2ccc(P(=O)(c4ccccc4)c4ccccc4)cc2)cc13. The van der Waals surface area contributed by atoms with Crippen molar-refractivity contribution in [3.63, 3.8) is 0 Å². The van der Waals surface area contributed by atoms with Crippen LogP contribution in [0.5, 0.6) is 0 Å². The van der Waals surface area contributed by atoms with Crippen molar-refractivity contribution in [1.82, 2.24) is 0 Å². The van der Waals surface area contributed by atoms with Crippen LogP contribution in [0, 0.1) is 0 Å². The molecule has 0 amide bonds. The Labute approximate surface area is 245 Å². The molecule has 42 heavy (non-hydrogen) atoms. The smallest absolute Gasteiger partial charge is 0.171 e. The molecular weight excluding hydrogens is 531 g/mol. The van der Waals surface area contributed by atoms with Gasteiger partial charge in [0.15, 0.2) is 7.14 Å². The maximum Gasteiger partial charge on any atom is 0.171 e. The van der Waals surface area contributed by atoms with E-state index in [2.05, 4.69) is 80.6 Å². The summed E-state index contributed by atoms with van der Waals surface area (Å²) in [5, 5.41) is 4.75.